The Labute approximate surface area is 116 Å². The average molecular weight is 269 g/mol. The fourth-order valence-corrected chi connectivity index (χ4v) is 2.83. The number of thiophene rings is 1. The Balaban J connectivity index is 1.66. The van der Waals surface area contributed by atoms with Crippen molar-refractivity contribution in [2.24, 2.45) is 0 Å². The smallest absolute Gasteiger partial charge is 0.134 e. The molecule has 3 nitrogen and oxygen atoms in total. The maximum atomic E-state index is 5.67. The number of fused-ring (bicyclic) bond motifs is 1. The second-order valence-electron chi connectivity index (χ2n) is 4.41. The van der Waals surface area contributed by atoms with Crippen LogP contribution in [0.15, 0.2) is 48.0 Å². The third-order valence-corrected chi connectivity index (χ3v) is 3.95. The van der Waals surface area contributed by atoms with Crippen LogP contribution < -0.4 is 11.1 Å². The number of pyridine rings is 1. The lowest BCUT2D eigenvalue weighted by Crippen LogP contribution is -2.06. The molecule has 0 aliphatic rings. The molecule has 1 aromatic carbocycles. The van der Waals surface area contributed by atoms with Crippen LogP contribution in [0.3, 0.4) is 0 Å². The summed E-state index contributed by atoms with van der Waals surface area (Å²) in [6.07, 6.45) is 2.81. The molecule has 0 bridgehead atoms. The van der Waals surface area contributed by atoms with Crippen molar-refractivity contribution in [2.75, 3.05) is 17.6 Å². The van der Waals surface area contributed by atoms with E-state index in [-0.39, 0.29) is 0 Å². The molecule has 2 aromatic heterocycles. The van der Waals surface area contributed by atoms with Crippen LogP contribution in [0.25, 0.3) is 10.1 Å². The monoisotopic (exact) mass is 269 g/mol. The number of nitrogens with one attached hydrogen (secondary N) is 1. The third-order valence-electron chi connectivity index (χ3n) is 3.07. The van der Waals surface area contributed by atoms with Gasteiger partial charge in [-0.05, 0) is 41.6 Å². The van der Waals surface area contributed by atoms with E-state index in [0.717, 1.165) is 24.5 Å². The van der Waals surface area contributed by atoms with Crippen LogP contribution >= 0.6 is 11.3 Å². The van der Waals surface area contributed by atoms with Gasteiger partial charge in [0.2, 0.25) is 0 Å². The van der Waals surface area contributed by atoms with Crippen LogP contribution in [0.5, 0.6) is 0 Å². The SMILES string of the molecule is Nc1ccc(CCNc2nccc3sccc23)cc1. The Kier molecular flexibility index (Phi) is 3.33. The molecule has 0 fully saturated rings. The lowest BCUT2D eigenvalue weighted by atomic mass is 10.1. The zero-order valence-electron chi connectivity index (χ0n) is 10.5. The Morgan fingerprint density at radius 3 is 2.79 bits per heavy atom. The van der Waals surface area contributed by atoms with Crippen LogP contribution in [0.2, 0.25) is 0 Å². The van der Waals surface area contributed by atoms with Crippen molar-refractivity contribution in [1.82, 2.24) is 4.98 Å². The summed E-state index contributed by atoms with van der Waals surface area (Å²) in [4.78, 5) is 4.40. The molecule has 0 atom stereocenters. The minimum Gasteiger partial charge on any atom is -0.399 e. The van der Waals surface area contributed by atoms with Crippen LogP contribution in [-0.4, -0.2) is 11.5 Å². The number of aromatic nitrogens is 1. The average Bonchev–Trinajstić information content (AvgIpc) is 2.90. The van der Waals surface area contributed by atoms with Crippen molar-refractivity contribution < 1.29 is 0 Å². The minimum atomic E-state index is 0.807. The number of nitrogens with two attached hydrogens (primary N) is 1. The van der Waals surface area contributed by atoms with Gasteiger partial charge < -0.3 is 11.1 Å². The molecule has 96 valence electrons. The summed E-state index contributed by atoms with van der Waals surface area (Å²) in [5.74, 6) is 0.967. The van der Waals surface area contributed by atoms with E-state index in [9.17, 15) is 0 Å². The molecule has 3 rings (SSSR count). The molecule has 0 saturated heterocycles. The summed E-state index contributed by atoms with van der Waals surface area (Å²) < 4.78 is 1.27. The van der Waals surface area contributed by atoms with E-state index in [1.807, 2.05) is 24.4 Å². The predicted octanol–water partition coefficient (Wildman–Crippen LogP) is 3.53. The highest BCUT2D eigenvalue weighted by Crippen LogP contribution is 2.25. The first kappa shape index (κ1) is 12.0. The highest BCUT2D eigenvalue weighted by atomic mass is 32.1. The summed E-state index contributed by atoms with van der Waals surface area (Å²) in [5, 5.41) is 6.69. The molecule has 0 saturated carbocycles. The van der Waals surface area contributed by atoms with Gasteiger partial charge in [0.05, 0.1) is 0 Å². The highest BCUT2D eigenvalue weighted by Gasteiger charge is 2.02. The van der Waals surface area contributed by atoms with Gasteiger partial charge in [0.1, 0.15) is 5.82 Å². The molecule has 0 spiro atoms. The Morgan fingerprint density at radius 2 is 1.95 bits per heavy atom. The first-order valence-corrected chi connectivity index (χ1v) is 7.11. The molecule has 0 aliphatic heterocycles. The number of hydrogen-bond acceptors (Lipinski definition) is 4. The molecular weight excluding hydrogens is 254 g/mol. The summed E-state index contributed by atoms with van der Waals surface area (Å²) in [7, 11) is 0. The topological polar surface area (TPSA) is 50.9 Å². The molecule has 4 heteroatoms. The van der Waals surface area contributed by atoms with Crippen molar-refractivity contribution in [2.45, 2.75) is 6.42 Å². The van der Waals surface area contributed by atoms with Crippen molar-refractivity contribution in [1.29, 1.82) is 0 Å². The lowest BCUT2D eigenvalue weighted by Gasteiger charge is -2.07. The zero-order valence-corrected chi connectivity index (χ0v) is 11.3. The number of benzene rings is 1. The fourth-order valence-electron chi connectivity index (χ4n) is 2.05. The van der Waals surface area contributed by atoms with Gasteiger partial charge in [0, 0.05) is 28.5 Å². The fraction of sp³-hybridized carbons (Fsp3) is 0.133. The first-order valence-electron chi connectivity index (χ1n) is 6.23. The highest BCUT2D eigenvalue weighted by molar-refractivity contribution is 7.17. The Morgan fingerprint density at radius 1 is 1.11 bits per heavy atom. The molecule has 2 heterocycles. The second kappa shape index (κ2) is 5.28. The predicted molar refractivity (Wildman–Crippen MR) is 82.7 cm³/mol. The Hall–Kier alpha value is -2.07. The number of hydrogen-bond donors (Lipinski definition) is 2. The van der Waals surface area contributed by atoms with E-state index in [2.05, 4.69) is 33.9 Å². The molecular formula is C15H15N3S. The van der Waals surface area contributed by atoms with Crippen molar-refractivity contribution in [3.63, 3.8) is 0 Å². The molecule has 0 amide bonds. The van der Waals surface area contributed by atoms with Gasteiger partial charge in [-0.25, -0.2) is 4.98 Å². The van der Waals surface area contributed by atoms with Gasteiger partial charge >= 0.3 is 0 Å². The molecule has 3 N–H and O–H groups in total. The first-order chi connectivity index (χ1) is 9.33. The zero-order chi connectivity index (χ0) is 13.1. The van der Waals surface area contributed by atoms with Gasteiger partial charge in [-0.3, -0.25) is 0 Å². The van der Waals surface area contributed by atoms with Gasteiger partial charge in [-0.2, -0.15) is 0 Å². The van der Waals surface area contributed by atoms with E-state index in [1.54, 1.807) is 11.3 Å². The van der Waals surface area contributed by atoms with Gasteiger partial charge in [0.15, 0.2) is 0 Å². The van der Waals surface area contributed by atoms with Gasteiger partial charge in [0.25, 0.3) is 0 Å². The summed E-state index contributed by atoms with van der Waals surface area (Å²) in [6, 6.07) is 12.2. The largest absolute Gasteiger partial charge is 0.399 e. The van der Waals surface area contributed by atoms with E-state index >= 15 is 0 Å². The number of rotatable bonds is 4. The number of anilines is 2. The van der Waals surface area contributed by atoms with Crippen molar-refractivity contribution in [3.8, 4) is 0 Å². The second-order valence-corrected chi connectivity index (χ2v) is 5.36. The summed E-state index contributed by atoms with van der Waals surface area (Å²) >= 11 is 1.74. The summed E-state index contributed by atoms with van der Waals surface area (Å²) in [6.45, 7) is 0.867. The van der Waals surface area contributed by atoms with Crippen LogP contribution in [0.4, 0.5) is 11.5 Å². The summed E-state index contributed by atoms with van der Waals surface area (Å²) in [5.41, 5.74) is 7.76. The van der Waals surface area contributed by atoms with Gasteiger partial charge in [-0.15, -0.1) is 11.3 Å². The maximum absolute atomic E-state index is 5.67. The van der Waals surface area contributed by atoms with Crippen molar-refractivity contribution in [3.05, 3.63) is 53.5 Å². The minimum absolute atomic E-state index is 0.807. The molecule has 19 heavy (non-hydrogen) atoms. The van der Waals surface area contributed by atoms with Gasteiger partial charge in [-0.1, -0.05) is 12.1 Å². The standard InChI is InChI=1S/C15H15N3S/c16-12-3-1-11(2-4-12)5-8-17-15-13-7-10-19-14(13)6-9-18-15/h1-4,6-7,9-10H,5,8,16H2,(H,17,18). The molecule has 0 radical (unpaired) electrons. The number of nitrogens with zero attached hydrogens (tertiary/aromatic N) is 1. The van der Waals surface area contributed by atoms with Crippen LogP contribution in [0, 0.1) is 0 Å². The van der Waals surface area contributed by atoms with E-state index in [4.69, 9.17) is 5.73 Å². The van der Waals surface area contributed by atoms with E-state index in [0.29, 0.717) is 0 Å². The molecule has 3 aromatic rings. The maximum Gasteiger partial charge on any atom is 0.134 e. The van der Waals surface area contributed by atoms with E-state index in [1.165, 1.54) is 15.6 Å². The van der Waals surface area contributed by atoms with Crippen molar-refractivity contribution >= 4 is 32.9 Å². The van der Waals surface area contributed by atoms with Crippen LogP contribution in [0.1, 0.15) is 5.56 Å². The molecule has 0 unspecified atom stereocenters. The quantitative estimate of drug-likeness (QED) is 0.712. The third kappa shape index (κ3) is 2.69. The van der Waals surface area contributed by atoms with E-state index < -0.39 is 0 Å². The number of nitrogen functional groups attached to an aromatic ring is 1. The normalized spacial score (nSPS) is 10.7. The lowest BCUT2D eigenvalue weighted by molar-refractivity contribution is 1.01. The van der Waals surface area contributed by atoms with Crippen LogP contribution in [-0.2, 0) is 6.42 Å². The molecule has 0 aliphatic carbocycles. The Bertz CT molecular complexity index is 673.